The number of hydrogen-bond acceptors (Lipinski definition) is 4. The normalized spacial score (nSPS) is 33.2. The summed E-state index contributed by atoms with van der Waals surface area (Å²) < 4.78 is 0. The summed E-state index contributed by atoms with van der Waals surface area (Å²) in [6, 6.07) is -0.160. The van der Waals surface area contributed by atoms with Crippen LogP contribution in [0.2, 0.25) is 0 Å². The van der Waals surface area contributed by atoms with Crippen LogP contribution < -0.4 is 5.32 Å². The molecule has 0 aromatic carbocycles. The molecule has 3 rings (SSSR count). The van der Waals surface area contributed by atoms with Crippen molar-refractivity contribution in [3.8, 4) is 0 Å². The highest BCUT2D eigenvalue weighted by Crippen LogP contribution is 2.57. The Balaban J connectivity index is 1.57. The number of nitrogens with zero attached hydrogens (tertiary/aromatic N) is 3. The van der Waals surface area contributed by atoms with E-state index < -0.39 is 0 Å². The van der Waals surface area contributed by atoms with Gasteiger partial charge in [0.15, 0.2) is 5.82 Å². The smallest absolute Gasteiger partial charge is 0.224 e. The molecule has 0 saturated heterocycles. The lowest BCUT2D eigenvalue weighted by atomic mass is 10.1. The van der Waals surface area contributed by atoms with Gasteiger partial charge < -0.3 is 5.32 Å². The minimum atomic E-state index is -0.160. The van der Waals surface area contributed by atoms with Gasteiger partial charge in [0.25, 0.3) is 0 Å². The van der Waals surface area contributed by atoms with Crippen molar-refractivity contribution in [1.82, 2.24) is 25.9 Å². The van der Waals surface area contributed by atoms with E-state index in [0.29, 0.717) is 17.7 Å². The zero-order chi connectivity index (χ0) is 11.1. The van der Waals surface area contributed by atoms with Gasteiger partial charge in [-0.2, -0.15) is 5.21 Å². The number of tetrazole rings is 1. The summed E-state index contributed by atoms with van der Waals surface area (Å²) >= 11 is 0. The average Bonchev–Trinajstić information content (AvgIpc) is 2.76. The van der Waals surface area contributed by atoms with Crippen molar-refractivity contribution in [1.29, 1.82) is 0 Å². The topological polar surface area (TPSA) is 83.6 Å². The van der Waals surface area contributed by atoms with Crippen molar-refractivity contribution in [3.05, 3.63) is 5.82 Å². The maximum absolute atomic E-state index is 11.9. The van der Waals surface area contributed by atoms with E-state index >= 15 is 0 Å². The molecule has 0 spiro atoms. The van der Waals surface area contributed by atoms with Crippen molar-refractivity contribution >= 4 is 5.91 Å². The van der Waals surface area contributed by atoms with Gasteiger partial charge in [-0.1, -0.05) is 11.6 Å². The van der Waals surface area contributed by atoms with Crippen LogP contribution in [0.1, 0.15) is 38.1 Å². The highest BCUT2D eigenvalue weighted by molar-refractivity contribution is 5.82. The van der Waals surface area contributed by atoms with E-state index in [9.17, 15) is 4.79 Å². The molecule has 16 heavy (non-hydrogen) atoms. The Morgan fingerprint density at radius 3 is 2.88 bits per heavy atom. The molecular formula is C10H15N5O. The molecule has 0 aliphatic heterocycles. The van der Waals surface area contributed by atoms with E-state index in [2.05, 4.69) is 25.9 Å². The van der Waals surface area contributed by atoms with Crippen molar-refractivity contribution < 1.29 is 4.79 Å². The molecule has 2 N–H and O–H groups in total. The molecule has 2 fully saturated rings. The Morgan fingerprint density at radius 1 is 1.50 bits per heavy atom. The van der Waals surface area contributed by atoms with E-state index in [1.54, 1.807) is 0 Å². The zero-order valence-electron chi connectivity index (χ0n) is 9.18. The van der Waals surface area contributed by atoms with Crippen LogP contribution in [0.3, 0.4) is 0 Å². The van der Waals surface area contributed by atoms with Crippen molar-refractivity contribution in [3.63, 3.8) is 0 Å². The molecular weight excluding hydrogens is 206 g/mol. The molecule has 2 aliphatic rings. The van der Waals surface area contributed by atoms with Crippen LogP contribution in [0.4, 0.5) is 0 Å². The number of fused-ring (bicyclic) bond motifs is 1. The van der Waals surface area contributed by atoms with Crippen LogP contribution in [0, 0.1) is 17.8 Å². The first-order chi connectivity index (χ1) is 7.77. The number of carbonyl (C=O) groups excluding carboxylic acids is 1. The van der Waals surface area contributed by atoms with Crippen LogP contribution in [0.15, 0.2) is 0 Å². The number of H-pyrrole nitrogens is 1. The Kier molecular flexibility index (Phi) is 2.15. The summed E-state index contributed by atoms with van der Waals surface area (Å²) in [5.41, 5.74) is 0. The molecule has 0 bridgehead atoms. The first kappa shape index (κ1) is 9.74. The minimum absolute atomic E-state index is 0.159. The lowest BCUT2D eigenvalue weighted by molar-refractivity contribution is -0.123. The second-order valence-corrected chi connectivity index (χ2v) is 4.78. The van der Waals surface area contributed by atoms with Gasteiger partial charge in [-0.15, -0.1) is 10.2 Å². The van der Waals surface area contributed by atoms with E-state index in [1.165, 1.54) is 19.3 Å². The highest BCUT2D eigenvalue weighted by atomic mass is 16.2. The standard InChI is InChI=1S/C10H15N5O/c1-5(9-12-14-15-13-9)11-10(16)8-6-3-2-4-7(6)8/h5-8H,2-4H2,1H3,(H,11,16)(H,12,13,14,15). The molecule has 2 aliphatic carbocycles. The van der Waals surface area contributed by atoms with Gasteiger partial charge in [-0.05, 0) is 31.6 Å². The minimum Gasteiger partial charge on any atom is -0.346 e. The number of carbonyl (C=O) groups is 1. The number of hydrogen-bond donors (Lipinski definition) is 2. The predicted octanol–water partition coefficient (Wildman–Crippen LogP) is 0.423. The molecule has 6 heteroatoms. The first-order valence-electron chi connectivity index (χ1n) is 5.81. The first-order valence-corrected chi connectivity index (χ1v) is 5.81. The Labute approximate surface area is 93.2 Å². The van der Waals surface area contributed by atoms with Crippen molar-refractivity contribution in [2.24, 2.45) is 17.8 Å². The highest BCUT2D eigenvalue weighted by Gasteiger charge is 2.56. The van der Waals surface area contributed by atoms with E-state index in [1.807, 2.05) is 6.92 Å². The van der Waals surface area contributed by atoms with Crippen molar-refractivity contribution in [2.45, 2.75) is 32.2 Å². The van der Waals surface area contributed by atoms with Gasteiger partial charge in [-0.3, -0.25) is 4.79 Å². The Morgan fingerprint density at radius 2 is 2.25 bits per heavy atom. The molecule has 6 nitrogen and oxygen atoms in total. The van der Waals surface area contributed by atoms with Gasteiger partial charge in [0.2, 0.25) is 5.91 Å². The third kappa shape index (κ3) is 1.48. The molecule has 3 unspecified atom stereocenters. The Bertz CT molecular complexity index is 380. The maximum Gasteiger partial charge on any atom is 0.224 e. The van der Waals surface area contributed by atoms with Gasteiger partial charge in [0.05, 0.1) is 6.04 Å². The van der Waals surface area contributed by atoms with Gasteiger partial charge >= 0.3 is 0 Å². The average molecular weight is 221 g/mol. The maximum atomic E-state index is 11.9. The third-order valence-corrected chi connectivity index (χ3v) is 3.82. The van der Waals surface area contributed by atoms with Crippen LogP contribution in [0.25, 0.3) is 0 Å². The molecule has 0 radical (unpaired) electrons. The van der Waals surface area contributed by atoms with Crippen LogP contribution >= 0.6 is 0 Å². The fourth-order valence-electron chi connectivity index (χ4n) is 2.94. The predicted molar refractivity (Wildman–Crippen MR) is 55.1 cm³/mol. The molecule has 1 amide bonds. The summed E-state index contributed by atoms with van der Waals surface area (Å²) in [5.74, 6) is 2.25. The quantitative estimate of drug-likeness (QED) is 0.775. The fraction of sp³-hybridized carbons (Fsp3) is 0.800. The van der Waals surface area contributed by atoms with Gasteiger partial charge in [-0.25, -0.2) is 0 Å². The van der Waals surface area contributed by atoms with Gasteiger partial charge in [0.1, 0.15) is 0 Å². The van der Waals surface area contributed by atoms with Crippen LogP contribution in [-0.2, 0) is 4.79 Å². The number of rotatable bonds is 3. The summed E-state index contributed by atoms with van der Waals surface area (Å²) in [6.07, 6.45) is 3.73. The molecule has 3 atom stereocenters. The summed E-state index contributed by atoms with van der Waals surface area (Å²) in [6.45, 7) is 1.88. The van der Waals surface area contributed by atoms with Crippen molar-refractivity contribution in [2.75, 3.05) is 0 Å². The third-order valence-electron chi connectivity index (χ3n) is 3.82. The fourth-order valence-corrected chi connectivity index (χ4v) is 2.94. The van der Waals surface area contributed by atoms with Gasteiger partial charge in [0, 0.05) is 5.92 Å². The number of nitrogens with one attached hydrogen (secondary N) is 2. The lowest BCUT2D eigenvalue weighted by Gasteiger charge is -2.10. The van der Waals surface area contributed by atoms with E-state index in [0.717, 1.165) is 0 Å². The molecule has 1 aromatic rings. The monoisotopic (exact) mass is 221 g/mol. The zero-order valence-corrected chi connectivity index (χ0v) is 9.18. The molecule has 86 valence electrons. The summed E-state index contributed by atoms with van der Waals surface area (Å²) in [4.78, 5) is 11.9. The summed E-state index contributed by atoms with van der Waals surface area (Å²) in [5, 5.41) is 16.5. The molecule has 2 saturated carbocycles. The second kappa shape index (κ2) is 3.54. The largest absolute Gasteiger partial charge is 0.346 e. The van der Waals surface area contributed by atoms with E-state index in [4.69, 9.17) is 0 Å². The number of amides is 1. The number of aromatic nitrogens is 4. The van der Waals surface area contributed by atoms with Crippen LogP contribution in [-0.4, -0.2) is 26.5 Å². The SMILES string of the molecule is CC(NC(=O)C1C2CCCC21)c1nn[nH]n1. The lowest BCUT2D eigenvalue weighted by Crippen LogP contribution is -2.30. The molecule has 1 heterocycles. The summed E-state index contributed by atoms with van der Waals surface area (Å²) in [7, 11) is 0. The molecule has 1 aromatic heterocycles. The van der Waals surface area contributed by atoms with Crippen LogP contribution in [0.5, 0.6) is 0 Å². The second-order valence-electron chi connectivity index (χ2n) is 4.78. The Hall–Kier alpha value is -1.46. The van der Waals surface area contributed by atoms with E-state index in [-0.39, 0.29) is 17.9 Å². The number of aromatic amines is 1.